The molecule has 0 aromatic rings. The fourth-order valence-electron chi connectivity index (χ4n) is 0.678. The summed E-state index contributed by atoms with van der Waals surface area (Å²) in [6, 6.07) is 0. The van der Waals surface area contributed by atoms with Crippen molar-refractivity contribution in [3.05, 3.63) is 23.8 Å². The molecule has 0 saturated heterocycles. The van der Waals surface area contributed by atoms with E-state index in [1.54, 1.807) is 0 Å². The van der Waals surface area contributed by atoms with Gasteiger partial charge in [-0.2, -0.15) is 0 Å². The van der Waals surface area contributed by atoms with Crippen molar-refractivity contribution in [2.75, 3.05) is 0 Å². The van der Waals surface area contributed by atoms with Gasteiger partial charge >= 0.3 is 23.1 Å². The minimum atomic E-state index is 0. The van der Waals surface area contributed by atoms with E-state index in [1.807, 2.05) is 0 Å². The van der Waals surface area contributed by atoms with Crippen molar-refractivity contribution in [3.8, 4) is 0 Å². The first kappa shape index (κ1) is 8.25. The summed E-state index contributed by atoms with van der Waals surface area (Å²) >= 11 is 0. The van der Waals surface area contributed by atoms with Gasteiger partial charge in [-0.15, -0.1) is 0 Å². The average molecular weight is 120 g/mol. The third-order valence-electron chi connectivity index (χ3n) is 1.48. The zero-order valence-electron chi connectivity index (χ0n) is 7.52. The van der Waals surface area contributed by atoms with Gasteiger partial charge in [0.2, 0.25) is 0 Å². The smallest absolute Gasteiger partial charge is 1.00 e. The van der Waals surface area contributed by atoms with Crippen LogP contribution < -0.4 is 0 Å². The van der Waals surface area contributed by atoms with Gasteiger partial charge in [0, 0.05) is 0 Å². The fraction of sp³-hybridized carbons (Fsp3) is 0.429. The molecule has 0 aromatic carbocycles. The Hall–Kier alpha value is 0.246. The van der Waals surface area contributed by atoms with Crippen molar-refractivity contribution in [3.63, 3.8) is 0 Å². The molecule has 0 radical (unpaired) electrons. The van der Waals surface area contributed by atoms with Crippen molar-refractivity contribution in [2.45, 2.75) is 13.8 Å². The Morgan fingerprint density at radius 1 is 1.62 bits per heavy atom. The Kier molecular flexibility index (Phi) is 3.41. The van der Waals surface area contributed by atoms with Crippen LogP contribution in [0.3, 0.4) is 0 Å². The maximum atomic E-state index is 2.20. The number of hydrogen-bond acceptors (Lipinski definition) is 0. The van der Waals surface area contributed by atoms with Gasteiger partial charge < -0.3 is 2.85 Å². The van der Waals surface area contributed by atoms with Crippen molar-refractivity contribution >= 4 is 23.1 Å². The first-order chi connectivity index (χ1) is 3.30. The van der Waals surface area contributed by atoms with E-state index in [0.29, 0.717) is 5.92 Å². The third kappa shape index (κ3) is 1.64. The van der Waals surface area contributed by atoms with Crippen LogP contribution in [0.15, 0.2) is 23.8 Å². The van der Waals surface area contributed by atoms with E-state index in [-0.39, 0.29) is 25.9 Å². The van der Waals surface area contributed by atoms with Gasteiger partial charge in [-0.3, -0.25) is 0 Å². The predicted molar refractivity (Wildman–Crippen MR) is 40.0 cm³/mol. The first-order valence-electron chi connectivity index (χ1n) is 2.65. The molecular formula is C7H12Mg. The van der Waals surface area contributed by atoms with Gasteiger partial charge in [0.15, 0.2) is 0 Å². The predicted octanol–water partition coefficient (Wildman–Crippen LogP) is 1.98. The number of hydrogen-bond donors (Lipinski definition) is 0. The van der Waals surface area contributed by atoms with E-state index < -0.39 is 0 Å². The average Bonchev–Trinajstić information content (AvgIpc) is 1.91. The molecule has 1 rings (SSSR count). The minimum absolute atomic E-state index is 0. The maximum absolute atomic E-state index is 2.20. The third-order valence-corrected chi connectivity index (χ3v) is 1.48. The zero-order valence-corrected chi connectivity index (χ0v) is 6.93. The van der Waals surface area contributed by atoms with E-state index in [0.717, 1.165) is 0 Å². The second kappa shape index (κ2) is 3.31. The summed E-state index contributed by atoms with van der Waals surface area (Å²) in [5, 5.41) is 0. The Balaban J connectivity index is -0.000000163. The molecule has 1 unspecified atom stereocenters. The molecule has 8 heavy (non-hydrogen) atoms. The molecule has 0 aliphatic heterocycles. The summed E-state index contributed by atoms with van der Waals surface area (Å²) < 4.78 is 0. The standard InChI is InChI=1S/C7H10.Mg.2H/c1-6-4-3-5-7(6)2;;;/h3-6H,1-2H3;;;/q;+2;2*-1. The van der Waals surface area contributed by atoms with Crippen molar-refractivity contribution < 1.29 is 2.85 Å². The van der Waals surface area contributed by atoms with E-state index in [4.69, 9.17) is 0 Å². The SMILES string of the molecule is CC1=CC=CC1C.[H-].[H-].[Mg+2]. The van der Waals surface area contributed by atoms with Crippen LogP contribution >= 0.6 is 0 Å². The summed E-state index contributed by atoms with van der Waals surface area (Å²) in [6.07, 6.45) is 6.47. The van der Waals surface area contributed by atoms with Crippen LogP contribution in [-0.4, -0.2) is 23.1 Å². The molecule has 0 aromatic heterocycles. The van der Waals surface area contributed by atoms with Crippen molar-refractivity contribution in [1.29, 1.82) is 0 Å². The molecule has 0 N–H and O–H groups in total. The Morgan fingerprint density at radius 3 is 2.38 bits per heavy atom. The van der Waals surface area contributed by atoms with Crippen LogP contribution in [0.2, 0.25) is 0 Å². The van der Waals surface area contributed by atoms with Crippen molar-refractivity contribution in [1.82, 2.24) is 0 Å². The summed E-state index contributed by atoms with van der Waals surface area (Å²) in [4.78, 5) is 0. The van der Waals surface area contributed by atoms with E-state index >= 15 is 0 Å². The topological polar surface area (TPSA) is 0 Å². The quantitative estimate of drug-likeness (QED) is 0.429. The zero-order chi connectivity index (χ0) is 5.28. The largest absolute Gasteiger partial charge is 2.00 e. The number of rotatable bonds is 0. The molecule has 42 valence electrons. The molecule has 0 heterocycles. The van der Waals surface area contributed by atoms with Gasteiger partial charge in [-0.25, -0.2) is 0 Å². The molecule has 0 nitrogen and oxygen atoms in total. The molecule has 1 aliphatic rings. The molecular weight excluding hydrogens is 108 g/mol. The second-order valence-electron chi connectivity index (χ2n) is 2.08. The summed E-state index contributed by atoms with van der Waals surface area (Å²) in [6.45, 7) is 4.36. The van der Waals surface area contributed by atoms with Crippen LogP contribution in [0.5, 0.6) is 0 Å². The van der Waals surface area contributed by atoms with Gasteiger partial charge in [-0.1, -0.05) is 30.7 Å². The molecule has 0 spiro atoms. The molecule has 1 atom stereocenters. The summed E-state index contributed by atoms with van der Waals surface area (Å²) in [7, 11) is 0. The maximum Gasteiger partial charge on any atom is 2.00 e. The molecule has 0 bridgehead atoms. The number of allylic oxidation sites excluding steroid dienone is 4. The molecule has 0 amide bonds. The van der Waals surface area contributed by atoms with E-state index in [9.17, 15) is 0 Å². The molecule has 1 heteroatoms. The minimum Gasteiger partial charge on any atom is -1.00 e. The van der Waals surface area contributed by atoms with E-state index in [1.165, 1.54) is 5.57 Å². The first-order valence-corrected chi connectivity index (χ1v) is 2.65. The van der Waals surface area contributed by atoms with Gasteiger partial charge in [0.1, 0.15) is 0 Å². The summed E-state index contributed by atoms with van der Waals surface area (Å²) in [5.74, 6) is 0.694. The van der Waals surface area contributed by atoms with Gasteiger partial charge in [-0.05, 0) is 12.8 Å². The van der Waals surface area contributed by atoms with E-state index in [2.05, 4.69) is 32.1 Å². The van der Waals surface area contributed by atoms with Crippen LogP contribution in [-0.2, 0) is 0 Å². The Labute approximate surface area is 69.8 Å². The van der Waals surface area contributed by atoms with Crippen molar-refractivity contribution in [2.24, 2.45) is 5.92 Å². The van der Waals surface area contributed by atoms with Crippen LogP contribution in [0.1, 0.15) is 16.7 Å². The van der Waals surface area contributed by atoms with Gasteiger partial charge in [0.05, 0.1) is 0 Å². The summed E-state index contributed by atoms with van der Waals surface area (Å²) in [5.41, 5.74) is 1.47. The molecule has 0 saturated carbocycles. The molecule has 0 fully saturated rings. The Morgan fingerprint density at radius 2 is 2.25 bits per heavy atom. The monoisotopic (exact) mass is 120 g/mol. The fourth-order valence-corrected chi connectivity index (χ4v) is 0.678. The second-order valence-corrected chi connectivity index (χ2v) is 2.08. The normalized spacial score (nSPS) is 24.8. The van der Waals surface area contributed by atoms with Gasteiger partial charge in [0.25, 0.3) is 0 Å². The Bertz CT molecular complexity index is 130. The molecule has 1 aliphatic carbocycles. The van der Waals surface area contributed by atoms with Crippen LogP contribution in [0, 0.1) is 5.92 Å². The van der Waals surface area contributed by atoms with Crippen LogP contribution in [0.4, 0.5) is 0 Å². The van der Waals surface area contributed by atoms with Crippen LogP contribution in [0.25, 0.3) is 0 Å².